The summed E-state index contributed by atoms with van der Waals surface area (Å²) in [6.07, 6.45) is 0. The number of likely N-dealkylation sites (tertiary alicyclic amines) is 1. The highest BCUT2D eigenvalue weighted by molar-refractivity contribution is 4.99. The molecule has 0 aliphatic carbocycles. The van der Waals surface area contributed by atoms with Crippen molar-refractivity contribution in [3.05, 3.63) is 0 Å². The molecule has 2 aliphatic rings. The Balaban J connectivity index is 1.49. The van der Waals surface area contributed by atoms with Crippen molar-refractivity contribution in [3.63, 3.8) is 0 Å². The SMILES string of the molecule is NCCOCCN1CC2(COC2)C1. The van der Waals surface area contributed by atoms with Crippen molar-refractivity contribution in [2.45, 2.75) is 0 Å². The van der Waals surface area contributed by atoms with Gasteiger partial charge < -0.3 is 15.2 Å². The van der Waals surface area contributed by atoms with Gasteiger partial charge in [-0.25, -0.2) is 0 Å². The Hall–Kier alpha value is -0.160. The summed E-state index contributed by atoms with van der Waals surface area (Å²) in [5.74, 6) is 0. The Labute approximate surface area is 79.0 Å². The van der Waals surface area contributed by atoms with E-state index in [1.807, 2.05) is 0 Å². The van der Waals surface area contributed by atoms with Gasteiger partial charge in [-0.05, 0) is 0 Å². The van der Waals surface area contributed by atoms with Gasteiger partial charge >= 0.3 is 0 Å². The van der Waals surface area contributed by atoms with Crippen molar-refractivity contribution >= 4 is 0 Å². The first-order chi connectivity index (χ1) is 6.35. The molecule has 2 saturated heterocycles. The van der Waals surface area contributed by atoms with E-state index in [2.05, 4.69) is 4.90 Å². The van der Waals surface area contributed by atoms with E-state index in [1.165, 1.54) is 13.1 Å². The van der Waals surface area contributed by atoms with E-state index in [0.717, 1.165) is 26.4 Å². The van der Waals surface area contributed by atoms with Gasteiger partial charge in [0.1, 0.15) is 0 Å². The maximum Gasteiger partial charge on any atom is 0.0594 e. The van der Waals surface area contributed by atoms with Crippen molar-refractivity contribution in [1.29, 1.82) is 0 Å². The van der Waals surface area contributed by atoms with Crippen molar-refractivity contribution in [3.8, 4) is 0 Å². The summed E-state index contributed by atoms with van der Waals surface area (Å²) in [7, 11) is 0. The smallest absolute Gasteiger partial charge is 0.0594 e. The fourth-order valence-corrected chi connectivity index (χ4v) is 2.01. The fourth-order valence-electron chi connectivity index (χ4n) is 2.01. The van der Waals surface area contributed by atoms with Crippen LogP contribution in [0.3, 0.4) is 0 Å². The lowest BCUT2D eigenvalue weighted by atomic mass is 9.78. The van der Waals surface area contributed by atoms with E-state index in [1.54, 1.807) is 0 Å². The van der Waals surface area contributed by atoms with Gasteiger partial charge in [-0.15, -0.1) is 0 Å². The largest absolute Gasteiger partial charge is 0.380 e. The molecule has 0 radical (unpaired) electrons. The molecule has 0 bridgehead atoms. The van der Waals surface area contributed by atoms with E-state index < -0.39 is 0 Å². The molecule has 0 aromatic carbocycles. The number of hydrogen-bond acceptors (Lipinski definition) is 4. The zero-order chi connectivity index (χ0) is 9.15. The number of ether oxygens (including phenoxy) is 2. The van der Waals surface area contributed by atoms with Crippen molar-refractivity contribution in [2.24, 2.45) is 11.1 Å². The molecule has 2 rings (SSSR count). The first-order valence-corrected chi connectivity index (χ1v) is 4.93. The third-order valence-corrected chi connectivity index (χ3v) is 2.75. The van der Waals surface area contributed by atoms with Gasteiger partial charge in [0.05, 0.1) is 26.4 Å². The molecule has 2 N–H and O–H groups in total. The lowest BCUT2D eigenvalue weighted by Gasteiger charge is -2.55. The van der Waals surface area contributed by atoms with Gasteiger partial charge in [-0.1, -0.05) is 0 Å². The van der Waals surface area contributed by atoms with Gasteiger partial charge in [0, 0.05) is 31.6 Å². The van der Waals surface area contributed by atoms with Gasteiger partial charge in [-0.3, -0.25) is 4.90 Å². The van der Waals surface area contributed by atoms with Crippen LogP contribution in [0, 0.1) is 5.41 Å². The number of nitrogens with two attached hydrogens (primary N) is 1. The second kappa shape index (κ2) is 3.92. The van der Waals surface area contributed by atoms with Crippen LogP contribution in [0.15, 0.2) is 0 Å². The molecule has 1 spiro atoms. The fraction of sp³-hybridized carbons (Fsp3) is 1.00. The Bertz CT molecular complexity index is 163. The highest BCUT2D eigenvalue weighted by Gasteiger charge is 2.48. The first kappa shape index (κ1) is 9.40. The summed E-state index contributed by atoms with van der Waals surface area (Å²) in [4.78, 5) is 2.42. The highest BCUT2D eigenvalue weighted by Crippen LogP contribution is 2.36. The standard InChI is InChI=1S/C9H18N2O2/c10-1-3-12-4-2-11-5-9(6-11)7-13-8-9/h1-8,10H2. The van der Waals surface area contributed by atoms with Gasteiger partial charge in [0.25, 0.3) is 0 Å². The lowest BCUT2D eigenvalue weighted by Crippen LogP contribution is -2.66. The van der Waals surface area contributed by atoms with Crippen LogP contribution in [0.25, 0.3) is 0 Å². The van der Waals surface area contributed by atoms with Crippen LogP contribution in [0.4, 0.5) is 0 Å². The monoisotopic (exact) mass is 186 g/mol. The summed E-state index contributed by atoms with van der Waals surface area (Å²) in [5.41, 5.74) is 5.85. The van der Waals surface area contributed by atoms with Crippen LogP contribution in [-0.4, -0.2) is 57.5 Å². The average molecular weight is 186 g/mol. The molecule has 4 nitrogen and oxygen atoms in total. The molecule has 13 heavy (non-hydrogen) atoms. The second-order valence-corrected chi connectivity index (χ2v) is 4.10. The number of hydrogen-bond donors (Lipinski definition) is 1. The van der Waals surface area contributed by atoms with Crippen LogP contribution in [0.2, 0.25) is 0 Å². The zero-order valence-corrected chi connectivity index (χ0v) is 8.00. The van der Waals surface area contributed by atoms with Crippen molar-refractivity contribution in [1.82, 2.24) is 4.90 Å². The average Bonchev–Trinajstić information content (AvgIpc) is 1.97. The minimum absolute atomic E-state index is 0.536. The summed E-state index contributed by atoms with van der Waals surface area (Å²) >= 11 is 0. The Morgan fingerprint density at radius 3 is 2.62 bits per heavy atom. The van der Waals surface area contributed by atoms with Crippen LogP contribution in [0.1, 0.15) is 0 Å². The van der Waals surface area contributed by atoms with Crippen molar-refractivity contribution < 1.29 is 9.47 Å². The maximum atomic E-state index is 5.31. The molecule has 0 unspecified atom stereocenters. The maximum absolute atomic E-state index is 5.31. The molecule has 4 heteroatoms. The molecule has 2 aliphatic heterocycles. The third-order valence-electron chi connectivity index (χ3n) is 2.75. The first-order valence-electron chi connectivity index (χ1n) is 4.93. The van der Waals surface area contributed by atoms with E-state index >= 15 is 0 Å². The Kier molecular flexibility index (Phi) is 2.83. The minimum atomic E-state index is 0.536. The summed E-state index contributed by atoms with van der Waals surface area (Å²) in [6, 6.07) is 0. The summed E-state index contributed by atoms with van der Waals surface area (Å²) in [6.45, 7) is 7.48. The lowest BCUT2D eigenvalue weighted by molar-refractivity contribution is -0.190. The predicted molar refractivity (Wildman–Crippen MR) is 49.6 cm³/mol. The minimum Gasteiger partial charge on any atom is -0.380 e. The van der Waals surface area contributed by atoms with E-state index in [4.69, 9.17) is 15.2 Å². The molecule has 0 atom stereocenters. The van der Waals surface area contributed by atoms with Crippen LogP contribution < -0.4 is 5.73 Å². The summed E-state index contributed by atoms with van der Waals surface area (Å²) in [5, 5.41) is 0. The van der Waals surface area contributed by atoms with Gasteiger partial charge in [-0.2, -0.15) is 0 Å². The molecule has 76 valence electrons. The molecule has 2 heterocycles. The third kappa shape index (κ3) is 2.02. The van der Waals surface area contributed by atoms with Gasteiger partial charge in [0.15, 0.2) is 0 Å². The van der Waals surface area contributed by atoms with Crippen LogP contribution in [0.5, 0.6) is 0 Å². The van der Waals surface area contributed by atoms with E-state index in [0.29, 0.717) is 18.6 Å². The molecule has 2 fully saturated rings. The quantitative estimate of drug-likeness (QED) is 0.576. The predicted octanol–water partition coefficient (Wildman–Crippen LogP) is -0.706. The topological polar surface area (TPSA) is 47.7 Å². The number of rotatable bonds is 5. The van der Waals surface area contributed by atoms with Crippen LogP contribution in [-0.2, 0) is 9.47 Å². The molecular formula is C9H18N2O2. The normalized spacial score (nSPS) is 25.6. The second-order valence-electron chi connectivity index (χ2n) is 4.10. The van der Waals surface area contributed by atoms with Gasteiger partial charge in [0.2, 0.25) is 0 Å². The molecule has 0 saturated carbocycles. The van der Waals surface area contributed by atoms with E-state index in [-0.39, 0.29) is 0 Å². The van der Waals surface area contributed by atoms with E-state index in [9.17, 15) is 0 Å². The molecular weight excluding hydrogens is 168 g/mol. The number of nitrogens with zero attached hydrogens (tertiary/aromatic N) is 1. The molecule has 0 aromatic heterocycles. The Morgan fingerprint density at radius 2 is 2.08 bits per heavy atom. The van der Waals surface area contributed by atoms with Crippen molar-refractivity contribution in [2.75, 3.05) is 52.6 Å². The van der Waals surface area contributed by atoms with Crippen LogP contribution >= 0.6 is 0 Å². The summed E-state index contributed by atoms with van der Waals surface area (Å²) < 4.78 is 10.5. The highest BCUT2D eigenvalue weighted by atomic mass is 16.5. The molecule has 0 amide bonds. The zero-order valence-electron chi connectivity index (χ0n) is 8.00. The molecule has 0 aromatic rings. The Morgan fingerprint density at radius 1 is 1.31 bits per heavy atom.